The summed E-state index contributed by atoms with van der Waals surface area (Å²) in [5.41, 5.74) is 3.93. The largest absolute Gasteiger partial charge is 0.252 e. The van der Waals surface area contributed by atoms with Crippen LogP contribution in [0.2, 0.25) is 0 Å². The molecule has 0 atom stereocenters. The number of rotatable bonds is 2. The highest BCUT2D eigenvalue weighted by Gasteiger charge is 2.48. The number of hydrazine groups is 1. The Bertz CT molecular complexity index is 260. The molecule has 0 aromatic heterocycles. The van der Waals surface area contributed by atoms with Gasteiger partial charge in [0.15, 0.2) is 0 Å². The quantitative estimate of drug-likeness (QED) is 0.829. The molecule has 4 bridgehead atoms. The third-order valence-corrected chi connectivity index (χ3v) is 5.91. The fraction of sp³-hybridized carbons (Fsp3) is 1.00. The van der Waals surface area contributed by atoms with Gasteiger partial charge in [-0.15, -0.1) is 12.4 Å². The first-order valence-corrected chi connectivity index (χ1v) is 7.89. The van der Waals surface area contributed by atoms with Crippen molar-refractivity contribution >= 4 is 12.4 Å². The molecule has 18 heavy (non-hydrogen) atoms. The van der Waals surface area contributed by atoms with Gasteiger partial charge in [-0.05, 0) is 68.6 Å². The first-order valence-electron chi connectivity index (χ1n) is 7.89. The van der Waals surface area contributed by atoms with E-state index in [4.69, 9.17) is 0 Å². The van der Waals surface area contributed by atoms with Gasteiger partial charge in [-0.25, -0.2) is 5.01 Å². The number of nitrogens with one attached hydrogen (secondary N) is 1. The van der Waals surface area contributed by atoms with Gasteiger partial charge < -0.3 is 0 Å². The second-order valence-corrected chi connectivity index (χ2v) is 7.13. The van der Waals surface area contributed by atoms with E-state index in [1.165, 1.54) is 32.4 Å². The molecule has 0 aromatic carbocycles. The van der Waals surface area contributed by atoms with Crippen molar-refractivity contribution in [3.8, 4) is 0 Å². The Balaban J connectivity index is 0.000001000. The lowest BCUT2D eigenvalue weighted by molar-refractivity contribution is -0.0464. The smallest absolute Gasteiger partial charge is 0.0272 e. The minimum absolute atomic E-state index is 0. The fourth-order valence-electron chi connectivity index (χ4n) is 5.37. The van der Waals surface area contributed by atoms with E-state index in [1.54, 1.807) is 32.1 Å². The van der Waals surface area contributed by atoms with E-state index in [0.29, 0.717) is 0 Å². The number of piperidine rings is 1. The number of halogens is 1. The van der Waals surface area contributed by atoms with Gasteiger partial charge >= 0.3 is 0 Å². The zero-order valence-corrected chi connectivity index (χ0v) is 12.1. The Morgan fingerprint density at radius 2 is 1.28 bits per heavy atom. The molecule has 1 heterocycles. The van der Waals surface area contributed by atoms with Crippen molar-refractivity contribution in [2.75, 3.05) is 13.1 Å². The Kier molecular flexibility index (Phi) is 3.89. The minimum Gasteiger partial charge on any atom is -0.252 e. The molecule has 4 saturated carbocycles. The minimum atomic E-state index is 0. The normalized spacial score (nSPS) is 47.0. The molecule has 1 saturated heterocycles. The third kappa shape index (κ3) is 2.32. The molecule has 0 spiro atoms. The van der Waals surface area contributed by atoms with E-state index in [2.05, 4.69) is 10.4 Å². The zero-order valence-electron chi connectivity index (χ0n) is 11.3. The van der Waals surface area contributed by atoms with Crippen molar-refractivity contribution < 1.29 is 0 Å². The Labute approximate surface area is 117 Å². The topological polar surface area (TPSA) is 15.3 Å². The van der Waals surface area contributed by atoms with E-state index >= 15 is 0 Å². The molecular formula is C15H27ClN2. The van der Waals surface area contributed by atoms with Crippen LogP contribution in [0.4, 0.5) is 0 Å². The van der Waals surface area contributed by atoms with Crippen LogP contribution in [0.1, 0.15) is 51.4 Å². The van der Waals surface area contributed by atoms with E-state index in [0.717, 1.165) is 29.7 Å². The summed E-state index contributed by atoms with van der Waals surface area (Å²) in [6.07, 6.45) is 12.0. The maximum Gasteiger partial charge on any atom is 0.0272 e. The lowest BCUT2D eigenvalue weighted by atomic mass is 9.54. The van der Waals surface area contributed by atoms with Crippen LogP contribution < -0.4 is 5.43 Å². The summed E-state index contributed by atoms with van der Waals surface area (Å²) in [6.45, 7) is 2.59. The maximum atomic E-state index is 3.93. The first kappa shape index (κ1) is 13.2. The highest BCUT2D eigenvalue weighted by atomic mass is 35.5. The SMILES string of the molecule is C1CCN(NC2C3CC4CC(C3)CC2C4)CC1.Cl. The van der Waals surface area contributed by atoms with Crippen molar-refractivity contribution in [3.05, 3.63) is 0 Å². The summed E-state index contributed by atoms with van der Waals surface area (Å²) >= 11 is 0. The molecule has 5 rings (SSSR count). The Morgan fingerprint density at radius 1 is 0.722 bits per heavy atom. The van der Waals surface area contributed by atoms with Crippen LogP contribution in [0.15, 0.2) is 0 Å². The summed E-state index contributed by atoms with van der Waals surface area (Å²) in [6, 6.07) is 0.848. The van der Waals surface area contributed by atoms with Crippen LogP contribution >= 0.6 is 12.4 Å². The molecule has 5 fully saturated rings. The van der Waals surface area contributed by atoms with Crippen molar-refractivity contribution in [1.82, 2.24) is 10.4 Å². The van der Waals surface area contributed by atoms with Gasteiger partial charge in [0.25, 0.3) is 0 Å². The van der Waals surface area contributed by atoms with Gasteiger partial charge in [0.1, 0.15) is 0 Å². The number of hydrogen-bond donors (Lipinski definition) is 1. The van der Waals surface area contributed by atoms with E-state index in [9.17, 15) is 0 Å². The van der Waals surface area contributed by atoms with Crippen LogP contribution in [-0.4, -0.2) is 24.1 Å². The summed E-state index contributed by atoms with van der Waals surface area (Å²) in [5.74, 6) is 4.26. The van der Waals surface area contributed by atoms with Gasteiger partial charge in [-0.1, -0.05) is 6.42 Å². The van der Waals surface area contributed by atoms with Crippen molar-refractivity contribution in [2.45, 2.75) is 57.4 Å². The van der Waals surface area contributed by atoms with Crippen LogP contribution in [0, 0.1) is 23.7 Å². The lowest BCUT2D eigenvalue weighted by Crippen LogP contribution is -2.59. The molecule has 1 aliphatic heterocycles. The summed E-state index contributed by atoms with van der Waals surface area (Å²) in [5, 5.41) is 2.55. The Hall–Kier alpha value is 0.210. The van der Waals surface area contributed by atoms with Crippen LogP contribution in [-0.2, 0) is 0 Å². The van der Waals surface area contributed by atoms with E-state index < -0.39 is 0 Å². The Morgan fingerprint density at radius 3 is 1.83 bits per heavy atom. The van der Waals surface area contributed by atoms with Crippen molar-refractivity contribution in [3.63, 3.8) is 0 Å². The first-order chi connectivity index (χ1) is 8.38. The predicted molar refractivity (Wildman–Crippen MR) is 76.6 cm³/mol. The van der Waals surface area contributed by atoms with Gasteiger partial charge in [0.05, 0.1) is 0 Å². The molecule has 2 nitrogen and oxygen atoms in total. The molecular weight excluding hydrogens is 244 g/mol. The highest BCUT2D eigenvalue weighted by molar-refractivity contribution is 5.85. The molecule has 5 aliphatic rings. The standard InChI is InChI=1S/C15H26N2.ClH/c1-2-4-17(5-3-1)16-15-13-7-11-6-12(9-13)10-14(15)8-11;/h11-16H,1-10H2;1H. The van der Waals surface area contributed by atoms with Gasteiger partial charge in [-0.3, -0.25) is 5.43 Å². The molecule has 104 valence electrons. The van der Waals surface area contributed by atoms with Crippen LogP contribution in [0.3, 0.4) is 0 Å². The van der Waals surface area contributed by atoms with Crippen molar-refractivity contribution in [2.24, 2.45) is 23.7 Å². The lowest BCUT2D eigenvalue weighted by Gasteiger charge is -2.55. The molecule has 3 heteroatoms. The monoisotopic (exact) mass is 270 g/mol. The van der Waals surface area contributed by atoms with Crippen molar-refractivity contribution in [1.29, 1.82) is 0 Å². The third-order valence-electron chi connectivity index (χ3n) is 5.91. The molecule has 0 amide bonds. The molecule has 0 unspecified atom stereocenters. The van der Waals surface area contributed by atoms with E-state index in [1.807, 2.05) is 0 Å². The fourth-order valence-corrected chi connectivity index (χ4v) is 5.37. The van der Waals surface area contributed by atoms with Gasteiger partial charge in [0, 0.05) is 19.1 Å². The summed E-state index contributed by atoms with van der Waals surface area (Å²) in [7, 11) is 0. The van der Waals surface area contributed by atoms with Gasteiger partial charge in [0.2, 0.25) is 0 Å². The second-order valence-electron chi connectivity index (χ2n) is 7.13. The zero-order chi connectivity index (χ0) is 11.2. The number of hydrogen-bond acceptors (Lipinski definition) is 2. The molecule has 0 aromatic rings. The molecule has 4 aliphatic carbocycles. The number of nitrogens with zero attached hydrogens (tertiary/aromatic N) is 1. The average molecular weight is 271 g/mol. The highest BCUT2D eigenvalue weighted by Crippen LogP contribution is 2.53. The van der Waals surface area contributed by atoms with Crippen LogP contribution in [0.25, 0.3) is 0 Å². The second kappa shape index (κ2) is 5.30. The maximum absolute atomic E-state index is 3.93. The summed E-state index contributed by atoms with van der Waals surface area (Å²) < 4.78 is 0. The van der Waals surface area contributed by atoms with E-state index in [-0.39, 0.29) is 12.4 Å². The molecule has 1 N–H and O–H groups in total. The summed E-state index contributed by atoms with van der Waals surface area (Å²) in [4.78, 5) is 0. The average Bonchev–Trinajstić information content (AvgIpc) is 2.34. The van der Waals surface area contributed by atoms with Crippen LogP contribution in [0.5, 0.6) is 0 Å². The predicted octanol–water partition coefficient (Wildman–Crippen LogP) is 3.22. The molecule has 0 radical (unpaired) electrons. The van der Waals surface area contributed by atoms with Gasteiger partial charge in [-0.2, -0.15) is 0 Å².